The molecule has 0 aliphatic heterocycles. The lowest BCUT2D eigenvalue weighted by atomic mass is 10.2. The van der Waals surface area contributed by atoms with Crippen molar-refractivity contribution in [2.24, 2.45) is 0 Å². The number of rotatable bonds is 5. The summed E-state index contributed by atoms with van der Waals surface area (Å²) in [6.07, 6.45) is 0. The first kappa shape index (κ1) is 20.5. The van der Waals surface area contributed by atoms with Crippen LogP contribution in [0.1, 0.15) is 21.4 Å². The van der Waals surface area contributed by atoms with E-state index in [1.807, 2.05) is 83.6 Å². The Bertz CT molecular complexity index is 1380. The summed E-state index contributed by atoms with van der Waals surface area (Å²) in [6, 6.07) is 27.3. The molecule has 2 aromatic heterocycles. The summed E-state index contributed by atoms with van der Waals surface area (Å²) >= 11 is 2.89. The summed E-state index contributed by atoms with van der Waals surface area (Å²) in [5.74, 6) is -0.100. The zero-order chi connectivity index (χ0) is 22.1. The molecule has 4 nitrogen and oxygen atoms in total. The van der Waals surface area contributed by atoms with E-state index < -0.39 is 0 Å². The van der Waals surface area contributed by atoms with Crippen LogP contribution < -0.4 is 5.32 Å². The first-order valence-corrected chi connectivity index (χ1v) is 12.0. The predicted octanol–water partition coefficient (Wildman–Crippen LogP) is 6.93. The number of thioether (sulfide) groups is 1. The molecule has 0 spiro atoms. The number of anilines is 1. The minimum absolute atomic E-state index is 0.0282. The van der Waals surface area contributed by atoms with Gasteiger partial charge in [0.1, 0.15) is 0 Å². The second kappa shape index (κ2) is 8.65. The average molecular weight is 457 g/mol. The molecule has 0 bridgehead atoms. The van der Waals surface area contributed by atoms with Crippen molar-refractivity contribution in [1.29, 1.82) is 0 Å². The largest absolute Gasteiger partial charge is 0.321 e. The van der Waals surface area contributed by atoms with Crippen LogP contribution in [0.3, 0.4) is 0 Å². The second-order valence-corrected chi connectivity index (χ2v) is 9.79. The lowest BCUT2D eigenvalue weighted by Gasteiger charge is -2.14. The fraction of sp³-hybridized carbons (Fsp3) is 0.0769. The molecule has 6 heteroatoms. The number of para-hydroxylation sites is 2. The lowest BCUT2D eigenvalue weighted by Crippen LogP contribution is -2.21. The van der Waals surface area contributed by atoms with E-state index >= 15 is 0 Å². The number of fused-ring (bicyclic) bond motifs is 3. The van der Waals surface area contributed by atoms with E-state index in [1.165, 1.54) is 23.1 Å². The fourth-order valence-electron chi connectivity index (χ4n) is 3.84. The van der Waals surface area contributed by atoms with Gasteiger partial charge < -0.3 is 5.32 Å². The van der Waals surface area contributed by atoms with Gasteiger partial charge in [0, 0.05) is 21.4 Å². The third-order valence-electron chi connectivity index (χ3n) is 5.30. The molecule has 0 aliphatic carbocycles. The molecule has 1 amide bonds. The van der Waals surface area contributed by atoms with E-state index in [0.717, 1.165) is 26.7 Å². The van der Waals surface area contributed by atoms with Crippen LogP contribution in [0.4, 0.5) is 5.69 Å². The van der Waals surface area contributed by atoms with Crippen LogP contribution in [0.15, 0.2) is 95.2 Å². The molecule has 1 unspecified atom stereocenters. The van der Waals surface area contributed by atoms with Gasteiger partial charge in [-0.2, -0.15) is 0 Å². The number of carbonyl (C=O) groups excluding carboxylic acids is 2. The maximum Gasteiger partial charge on any atom is 0.265 e. The van der Waals surface area contributed by atoms with Crippen molar-refractivity contribution in [3.63, 3.8) is 0 Å². The first-order chi connectivity index (χ1) is 15.6. The van der Waals surface area contributed by atoms with Crippen LogP contribution in [0.25, 0.3) is 21.8 Å². The molecule has 3 aromatic carbocycles. The maximum atomic E-state index is 13.5. The summed E-state index contributed by atoms with van der Waals surface area (Å²) in [4.78, 5) is 27.5. The zero-order valence-electron chi connectivity index (χ0n) is 17.3. The molecule has 0 saturated carbocycles. The van der Waals surface area contributed by atoms with Crippen molar-refractivity contribution < 1.29 is 9.59 Å². The van der Waals surface area contributed by atoms with Gasteiger partial charge in [0.15, 0.2) is 0 Å². The Kier molecular flexibility index (Phi) is 5.55. The molecular weight excluding hydrogens is 436 g/mol. The van der Waals surface area contributed by atoms with E-state index in [2.05, 4.69) is 17.4 Å². The predicted molar refractivity (Wildman–Crippen MR) is 134 cm³/mol. The van der Waals surface area contributed by atoms with Crippen molar-refractivity contribution in [2.45, 2.75) is 17.1 Å². The number of hydrogen-bond acceptors (Lipinski definition) is 4. The zero-order valence-corrected chi connectivity index (χ0v) is 19.0. The number of nitrogens with zero attached hydrogens (tertiary/aromatic N) is 1. The maximum absolute atomic E-state index is 13.5. The molecule has 32 heavy (non-hydrogen) atoms. The smallest absolute Gasteiger partial charge is 0.265 e. The van der Waals surface area contributed by atoms with Crippen molar-refractivity contribution in [2.75, 3.05) is 5.32 Å². The van der Waals surface area contributed by atoms with Crippen LogP contribution in [-0.4, -0.2) is 21.6 Å². The Balaban J connectivity index is 1.40. The third-order valence-corrected chi connectivity index (χ3v) is 7.25. The van der Waals surface area contributed by atoms with Gasteiger partial charge in [0.25, 0.3) is 5.91 Å². The number of aromatic nitrogens is 1. The normalized spacial score (nSPS) is 12.2. The fourth-order valence-corrected chi connectivity index (χ4v) is 5.43. The van der Waals surface area contributed by atoms with Gasteiger partial charge in [0.2, 0.25) is 5.91 Å². The Hall–Kier alpha value is -3.35. The molecular formula is C26H20N2O2S2. The molecule has 0 saturated heterocycles. The first-order valence-electron chi connectivity index (χ1n) is 10.3. The quantitative estimate of drug-likeness (QED) is 0.292. The molecule has 5 aromatic rings. The molecule has 158 valence electrons. The Labute approximate surface area is 193 Å². The number of thiophene rings is 1. The summed E-state index contributed by atoms with van der Waals surface area (Å²) in [7, 11) is 0. The van der Waals surface area contributed by atoms with Gasteiger partial charge in [-0.05, 0) is 48.7 Å². The van der Waals surface area contributed by atoms with Crippen molar-refractivity contribution in [1.82, 2.24) is 4.57 Å². The SMILES string of the molecule is CC(Sc1cccc(NC(=O)c2cccs2)c1)C(=O)n1c2ccccc2c2ccccc21. The number of amides is 1. The Morgan fingerprint density at radius 3 is 2.22 bits per heavy atom. The summed E-state index contributed by atoms with van der Waals surface area (Å²) < 4.78 is 1.82. The van der Waals surface area contributed by atoms with Crippen LogP contribution in [0.5, 0.6) is 0 Å². The second-order valence-electron chi connectivity index (χ2n) is 7.43. The van der Waals surface area contributed by atoms with Gasteiger partial charge in [-0.3, -0.25) is 14.2 Å². The third kappa shape index (κ3) is 3.83. The Morgan fingerprint density at radius 1 is 0.875 bits per heavy atom. The van der Waals surface area contributed by atoms with Crippen LogP contribution >= 0.6 is 23.1 Å². The van der Waals surface area contributed by atoms with E-state index in [-0.39, 0.29) is 17.1 Å². The molecule has 1 N–H and O–H groups in total. The summed E-state index contributed by atoms with van der Waals surface area (Å²) in [5.41, 5.74) is 2.55. The number of carbonyl (C=O) groups is 2. The van der Waals surface area contributed by atoms with E-state index in [1.54, 1.807) is 6.07 Å². The monoisotopic (exact) mass is 456 g/mol. The molecule has 5 rings (SSSR count). The lowest BCUT2D eigenvalue weighted by molar-refractivity contribution is 0.0924. The molecule has 0 aliphatic rings. The van der Waals surface area contributed by atoms with Gasteiger partial charge in [0.05, 0.1) is 21.2 Å². The highest BCUT2D eigenvalue weighted by molar-refractivity contribution is 8.00. The molecule has 0 fully saturated rings. The minimum atomic E-state index is -0.308. The van der Waals surface area contributed by atoms with Gasteiger partial charge >= 0.3 is 0 Å². The van der Waals surface area contributed by atoms with Crippen LogP contribution in [0.2, 0.25) is 0 Å². The van der Waals surface area contributed by atoms with Gasteiger partial charge in [-0.1, -0.05) is 48.5 Å². The summed E-state index contributed by atoms with van der Waals surface area (Å²) in [5, 5.41) is 6.65. The average Bonchev–Trinajstić information content (AvgIpc) is 3.46. The molecule has 2 heterocycles. The number of hydrogen-bond donors (Lipinski definition) is 1. The van der Waals surface area contributed by atoms with E-state index in [0.29, 0.717) is 10.6 Å². The summed E-state index contributed by atoms with van der Waals surface area (Å²) in [6.45, 7) is 1.92. The van der Waals surface area contributed by atoms with Crippen LogP contribution in [-0.2, 0) is 0 Å². The van der Waals surface area contributed by atoms with Crippen molar-refractivity contribution >= 4 is 62.4 Å². The molecule has 0 radical (unpaired) electrons. The van der Waals surface area contributed by atoms with Crippen molar-refractivity contribution in [3.05, 3.63) is 95.2 Å². The molecule has 1 atom stereocenters. The number of benzene rings is 3. The highest BCUT2D eigenvalue weighted by atomic mass is 32.2. The standard InChI is InChI=1S/C26H20N2O2S2/c1-17(32-19-9-6-8-18(16-19)27-25(29)24-14-7-15-31-24)26(30)28-22-12-4-2-10-20(22)21-11-3-5-13-23(21)28/h2-17H,1H3,(H,27,29). The minimum Gasteiger partial charge on any atom is -0.321 e. The van der Waals surface area contributed by atoms with E-state index in [4.69, 9.17) is 0 Å². The van der Waals surface area contributed by atoms with Crippen LogP contribution in [0, 0.1) is 0 Å². The Morgan fingerprint density at radius 2 is 1.56 bits per heavy atom. The highest BCUT2D eigenvalue weighted by Gasteiger charge is 2.21. The highest BCUT2D eigenvalue weighted by Crippen LogP contribution is 2.32. The van der Waals surface area contributed by atoms with E-state index in [9.17, 15) is 9.59 Å². The van der Waals surface area contributed by atoms with Gasteiger partial charge in [-0.25, -0.2) is 0 Å². The topological polar surface area (TPSA) is 51.1 Å². The van der Waals surface area contributed by atoms with Gasteiger partial charge in [-0.15, -0.1) is 23.1 Å². The van der Waals surface area contributed by atoms with Crippen molar-refractivity contribution in [3.8, 4) is 0 Å². The number of nitrogens with one attached hydrogen (secondary N) is 1.